The summed E-state index contributed by atoms with van der Waals surface area (Å²) in [7, 11) is 0. The fraction of sp³-hybridized carbons (Fsp3) is 0.333. The van der Waals surface area contributed by atoms with E-state index < -0.39 is 33.7 Å². The van der Waals surface area contributed by atoms with Gasteiger partial charge in [0.2, 0.25) is 0 Å². The molecule has 0 saturated heterocycles. The minimum Gasteiger partial charge on any atom is -0.0619 e. The van der Waals surface area contributed by atoms with E-state index in [9.17, 15) is 16.0 Å². The van der Waals surface area contributed by atoms with Crippen molar-refractivity contribution in [2.45, 2.75) is 79.0 Å². The van der Waals surface area contributed by atoms with Crippen LogP contribution in [0, 0.1) is 13.8 Å². The Hall–Kier alpha value is -2.16. The van der Waals surface area contributed by atoms with Crippen LogP contribution in [-0.4, -0.2) is 53.0 Å². The van der Waals surface area contributed by atoms with Crippen LogP contribution in [0.3, 0.4) is 0 Å². The number of aryl methyl sites for hydroxylation is 2. The number of unbranched alkanes of at least 4 members (excludes halogenated alkanes) is 6. The average Bonchev–Trinajstić information content (AvgIpc) is 3.91. The minimum atomic E-state index is -3.06. The second-order valence-electron chi connectivity index (χ2n) is 14.2. The van der Waals surface area contributed by atoms with Crippen molar-refractivity contribution in [1.82, 2.24) is 0 Å². The van der Waals surface area contributed by atoms with Crippen molar-refractivity contribution < 1.29 is 25.5 Å². The Labute approximate surface area is 380 Å². The number of hydrogen-bond donors (Lipinski definition) is 0. The molecule has 1 aliphatic carbocycles. The number of thioether (sulfide) groups is 2. The maximum atomic E-state index is 11.4. The Kier molecular flexibility index (Phi) is 16.6. The molecule has 7 rings (SSSR count). The fourth-order valence-electron chi connectivity index (χ4n) is 7.52. The summed E-state index contributed by atoms with van der Waals surface area (Å²) in [5, 5.41) is 0. The van der Waals surface area contributed by atoms with E-state index in [0.717, 1.165) is 92.5 Å². The Morgan fingerprint density at radius 3 is 1.34 bits per heavy atom. The van der Waals surface area contributed by atoms with Gasteiger partial charge in [-0.25, -0.2) is 0 Å². The largest absolute Gasteiger partial charge is 0.0619 e. The smallest absolute Gasteiger partial charge is 0.0133 e. The molecular weight excluding hydrogens is 987 g/mol. The predicted octanol–water partition coefficient (Wildman–Crippen LogP) is 9.91. The zero-order chi connectivity index (χ0) is 41.2. The van der Waals surface area contributed by atoms with Gasteiger partial charge >= 0.3 is 249 Å². The third kappa shape index (κ3) is 10.9. The zero-order valence-electron chi connectivity index (χ0n) is 32.9. The van der Waals surface area contributed by atoms with E-state index in [2.05, 4.69) is 97.1 Å². The van der Waals surface area contributed by atoms with Gasteiger partial charge in [-0.15, -0.1) is 0 Å². The Morgan fingerprint density at radius 1 is 0.559 bits per heavy atom. The second-order valence-corrected chi connectivity index (χ2v) is 27.9. The summed E-state index contributed by atoms with van der Waals surface area (Å²) >= 11 is 3.07. The topological polar surface area (TPSA) is 98.7 Å². The van der Waals surface area contributed by atoms with Gasteiger partial charge in [-0.3, -0.25) is 0 Å². The Morgan fingerprint density at radius 2 is 0.949 bits per heavy atom. The molecule has 0 N–H and O–H groups in total. The van der Waals surface area contributed by atoms with Gasteiger partial charge in [0.15, 0.2) is 0 Å². The maximum absolute atomic E-state index is 11.4. The van der Waals surface area contributed by atoms with Crippen LogP contribution in [0.1, 0.15) is 83.4 Å². The first kappa shape index (κ1) is 44.9. The molecule has 14 heteroatoms. The minimum absolute atomic E-state index is 0.491. The van der Waals surface area contributed by atoms with Crippen LogP contribution in [0.4, 0.5) is 0 Å². The molecule has 1 aliphatic rings. The quantitative estimate of drug-likeness (QED) is 0.0287. The molecule has 0 amide bonds. The van der Waals surface area contributed by atoms with Crippen LogP contribution < -0.4 is 24.0 Å². The number of ether oxygens (including phenoxy) is 2. The van der Waals surface area contributed by atoms with Gasteiger partial charge in [-0.2, -0.15) is 0 Å². The number of rotatable bonds is 22. The van der Waals surface area contributed by atoms with E-state index in [0.29, 0.717) is 19.4 Å². The summed E-state index contributed by atoms with van der Waals surface area (Å²) < 4.78 is 61.4. The fourth-order valence-corrected chi connectivity index (χ4v) is 20.0. The molecule has 6 aromatic rings. The molecule has 4 aromatic carbocycles. The van der Waals surface area contributed by atoms with Gasteiger partial charge in [0, 0.05) is 0 Å². The second kappa shape index (κ2) is 21.8. The molecule has 0 radical (unpaired) electrons. The summed E-state index contributed by atoms with van der Waals surface area (Å²) in [6, 6.07) is 34.9. The summed E-state index contributed by atoms with van der Waals surface area (Å²) in [6.45, 7) is 5.36. The van der Waals surface area contributed by atoms with E-state index in [1.807, 2.05) is 13.8 Å². The summed E-state index contributed by atoms with van der Waals surface area (Å²) in [6.07, 6.45) is 8.60. The molecule has 0 bridgehead atoms. The third-order valence-electron chi connectivity index (χ3n) is 10.3. The van der Waals surface area contributed by atoms with Gasteiger partial charge in [-0.05, 0) is 57.6 Å². The van der Waals surface area contributed by atoms with Crippen molar-refractivity contribution in [3.63, 3.8) is 0 Å². The van der Waals surface area contributed by atoms with E-state index >= 15 is 0 Å². The number of fused-ring (bicyclic) bond motifs is 3. The molecule has 0 saturated carbocycles. The standard InChI is InChI=1S/C45H46O6S6Se2/c1-31-41(56-43(54-31)58(46)47)52-29-13-5-3-11-27-50-35-23-19-33(20-24-35)45(39-17-9-7-15-37(39)38-16-8-10-18-40(38)45)34-21-25-36(26-22-34)51-28-12-4-6-14-30-53-42-32(2)55-44(57-42)59(48)49/h7-10,15-26H,3-6,11-14,27-30H2,1-2H3. The van der Waals surface area contributed by atoms with Crippen LogP contribution in [0.25, 0.3) is 11.1 Å². The Balaban J connectivity index is 0.932. The SMILES string of the molecule is Cc1sc([Se](=O)[O-])[s+]c1SCCCCCCOc1ccc(C2(c3ccc(OCCCCCCSc4[s+]c([Se](=O)[O-])sc4C)cc3)c3ccccc3-c3ccccc32)cc1. The van der Waals surface area contributed by atoms with Crippen LogP contribution in [0.15, 0.2) is 105 Å². The van der Waals surface area contributed by atoms with E-state index in [4.69, 9.17) is 9.47 Å². The van der Waals surface area contributed by atoms with Gasteiger partial charge in [0.05, 0.1) is 5.41 Å². The van der Waals surface area contributed by atoms with Gasteiger partial charge in [0.25, 0.3) is 0 Å². The summed E-state index contributed by atoms with van der Waals surface area (Å²) in [5.41, 5.74) is 6.96. The first-order valence-electron chi connectivity index (χ1n) is 19.7. The van der Waals surface area contributed by atoms with Gasteiger partial charge < -0.3 is 0 Å². The molecule has 0 aliphatic heterocycles. The van der Waals surface area contributed by atoms with Crippen molar-refractivity contribution in [1.29, 1.82) is 0 Å². The molecule has 310 valence electrons. The molecular formula is C45H46O6S6Se2. The van der Waals surface area contributed by atoms with Crippen molar-refractivity contribution in [2.24, 2.45) is 0 Å². The molecule has 2 aromatic heterocycles. The van der Waals surface area contributed by atoms with Crippen molar-refractivity contribution in [3.8, 4) is 22.6 Å². The van der Waals surface area contributed by atoms with Crippen molar-refractivity contribution in [2.75, 3.05) is 24.7 Å². The predicted molar refractivity (Wildman–Crippen MR) is 248 cm³/mol. The zero-order valence-corrected chi connectivity index (χ0v) is 41.3. The van der Waals surface area contributed by atoms with Crippen LogP contribution >= 0.6 is 68.9 Å². The molecule has 2 heterocycles. The molecule has 0 fully saturated rings. The van der Waals surface area contributed by atoms with Gasteiger partial charge in [0.1, 0.15) is 0 Å². The normalized spacial score (nSPS) is 13.8. The number of benzene rings is 4. The molecule has 2 unspecified atom stereocenters. The van der Waals surface area contributed by atoms with E-state index in [-0.39, 0.29) is 0 Å². The molecule has 0 spiro atoms. The molecule has 6 nitrogen and oxygen atoms in total. The summed E-state index contributed by atoms with van der Waals surface area (Å²) in [4.78, 5) is 2.22. The first-order valence-corrected chi connectivity index (χ1v) is 29.5. The monoisotopic (exact) mass is 1030 g/mol. The first-order chi connectivity index (χ1) is 28.8. The van der Waals surface area contributed by atoms with E-state index in [1.54, 1.807) is 23.5 Å². The number of hydrogen-bond acceptors (Lipinski definition) is 10. The third-order valence-corrected chi connectivity index (χ3v) is 23.9. The average molecular weight is 1030 g/mol. The van der Waals surface area contributed by atoms with Crippen molar-refractivity contribution >= 4 is 103 Å². The van der Waals surface area contributed by atoms with Crippen LogP contribution in [0.2, 0.25) is 0 Å². The van der Waals surface area contributed by atoms with Crippen molar-refractivity contribution in [3.05, 3.63) is 129 Å². The van der Waals surface area contributed by atoms with Crippen LogP contribution in [0.5, 0.6) is 11.5 Å². The summed E-state index contributed by atoms with van der Waals surface area (Å²) in [5.74, 6) is 3.75. The maximum Gasteiger partial charge on any atom is -0.0133 e. The Bertz CT molecular complexity index is 2200. The van der Waals surface area contributed by atoms with E-state index in [1.165, 1.54) is 78.7 Å². The molecule has 59 heavy (non-hydrogen) atoms. The molecule has 2 atom stereocenters. The van der Waals surface area contributed by atoms with Crippen LogP contribution in [-0.2, 0) is 13.1 Å². The van der Waals surface area contributed by atoms with Gasteiger partial charge in [-0.1, -0.05) is 72.8 Å².